The first-order valence-corrected chi connectivity index (χ1v) is 6.10. The van der Waals surface area contributed by atoms with E-state index in [1.807, 2.05) is 42.5 Å². The fourth-order valence-electron chi connectivity index (χ4n) is 2.28. The van der Waals surface area contributed by atoms with Crippen LogP contribution >= 0.6 is 0 Å². The monoisotopic (exact) mass is 268 g/mol. The van der Waals surface area contributed by atoms with Crippen molar-refractivity contribution in [1.29, 1.82) is 0 Å². The van der Waals surface area contributed by atoms with Crippen LogP contribution in [0.5, 0.6) is 5.75 Å². The SMILES string of the molecule is COc1c(C(=O)O)oc2c(-c3ccccc3)cccc12. The Morgan fingerprint density at radius 3 is 2.50 bits per heavy atom. The summed E-state index contributed by atoms with van der Waals surface area (Å²) in [5, 5.41) is 9.84. The van der Waals surface area contributed by atoms with Crippen LogP contribution in [0.1, 0.15) is 10.6 Å². The molecule has 0 atom stereocenters. The molecule has 0 amide bonds. The normalized spacial score (nSPS) is 10.7. The molecular weight excluding hydrogens is 256 g/mol. The van der Waals surface area contributed by atoms with Crippen LogP contribution in [-0.4, -0.2) is 18.2 Å². The van der Waals surface area contributed by atoms with Gasteiger partial charge >= 0.3 is 5.97 Å². The average molecular weight is 268 g/mol. The van der Waals surface area contributed by atoms with Gasteiger partial charge in [-0.25, -0.2) is 4.79 Å². The Bertz CT molecular complexity index is 772. The number of para-hydroxylation sites is 1. The number of carboxylic acids is 1. The summed E-state index contributed by atoms with van der Waals surface area (Å²) in [6, 6.07) is 15.2. The number of aromatic carboxylic acids is 1. The molecular formula is C16H12O4. The highest BCUT2D eigenvalue weighted by atomic mass is 16.5. The summed E-state index contributed by atoms with van der Waals surface area (Å²) in [7, 11) is 1.44. The fraction of sp³-hybridized carbons (Fsp3) is 0.0625. The highest BCUT2D eigenvalue weighted by Crippen LogP contribution is 2.38. The largest absolute Gasteiger partial charge is 0.492 e. The Morgan fingerprint density at radius 1 is 1.10 bits per heavy atom. The number of methoxy groups -OCH3 is 1. The van der Waals surface area contributed by atoms with Gasteiger partial charge in [0.15, 0.2) is 5.75 Å². The van der Waals surface area contributed by atoms with Crippen molar-refractivity contribution in [2.75, 3.05) is 7.11 Å². The third kappa shape index (κ3) is 1.82. The molecule has 100 valence electrons. The van der Waals surface area contributed by atoms with Crippen molar-refractivity contribution in [3.8, 4) is 16.9 Å². The van der Waals surface area contributed by atoms with Gasteiger partial charge in [-0.3, -0.25) is 0 Å². The first kappa shape index (κ1) is 12.3. The molecule has 0 radical (unpaired) electrons. The summed E-state index contributed by atoms with van der Waals surface area (Å²) < 4.78 is 10.7. The van der Waals surface area contributed by atoms with Gasteiger partial charge in [0.05, 0.1) is 12.5 Å². The molecule has 0 saturated heterocycles. The van der Waals surface area contributed by atoms with Crippen LogP contribution in [0.15, 0.2) is 52.9 Å². The zero-order valence-corrected chi connectivity index (χ0v) is 10.8. The molecule has 0 bridgehead atoms. The van der Waals surface area contributed by atoms with Gasteiger partial charge in [-0.05, 0) is 11.6 Å². The molecule has 0 aliphatic rings. The van der Waals surface area contributed by atoms with E-state index in [0.717, 1.165) is 11.1 Å². The fourth-order valence-corrected chi connectivity index (χ4v) is 2.28. The topological polar surface area (TPSA) is 59.7 Å². The highest BCUT2D eigenvalue weighted by molar-refractivity contribution is 6.02. The molecule has 3 aromatic rings. The first-order chi connectivity index (χ1) is 9.72. The molecule has 4 nitrogen and oxygen atoms in total. The highest BCUT2D eigenvalue weighted by Gasteiger charge is 2.22. The molecule has 2 aromatic carbocycles. The van der Waals surface area contributed by atoms with E-state index in [4.69, 9.17) is 9.15 Å². The summed E-state index contributed by atoms with van der Waals surface area (Å²) in [6.07, 6.45) is 0. The summed E-state index contributed by atoms with van der Waals surface area (Å²) in [5.74, 6) is -1.06. The minimum Gasteiger partial charge on any atom is -0.492 e. The van der Waals surface area contributed by atoms with Crippen LogP contribution in [0.3, 0.4) is 0 Å². The van der Waals surface area contributed by atoms with Crippen LogP contribution < -0.4 is 4.74 Å². The molecule has 20 heavy (non-hydrogen) atoms. The Balaban J connectivity index is 2.33. The molecule has 4 heteroatoms. The Hall–Kier alpha value is -2.75. The van der Waals surface area contributed by atoms with Crippen molar-refractivity contribution in [2.45, 2.75) is 0 Å². The number of benzene rings is 2. The number of hydrogen-bond acceptors (Lipinski definition) is 3. The molecule has 1 heterocycles. The second-order valence-electron chi connectivity index (χ2n) is 4.32. The second-order valence-corrected chi connectivity index (χ2v) is 4.32. The van der Waals surface area contributed by atoms with E-state index in [1.165, 1.54) is 7.11 Å². The number of carboxylic acid groups (broad SMARTS) is 1. The maximum absolute atomic E-state index is 11.2. The number of fused-ring (bicyclic) bond motifs is 1. The van der Waals surface area contributed by atoms with Gasteiger partial charge in [-0.2, -0.15) is 0 Å². The van der Waals surface area contributed by atoms with Gasteiger partial charge < -0.3 is 14.3 Å². The van der Waals surface area contributed by atoms with E-state index in [1.54, 1.807) is 6.07 Å². The lowest BCUT2D eigenvalue weighted by molar-refractivity contribution is 0.0660. The second kappa shape index (κ2) is 4.74. The van der Waals surface area contributed by atoms with Gasteiger partial charge in [0.25, 0.3) is 5.76 Å². The predicted octanol–water partition coefficient (Wildman–Crippen LogP) is 3.81. The summed E-state index contributed by atoms with van der Waals surface area (Å²) >= 11 is 0. The lowest BCUT2D eigenvalue weighted by Gasteiger charge is -2.02. The van der Waals surface area contributed by atoms with Crippen LogP contribution in [0.2, 0.25) is 0 Å². The summed E-state index contributed by atoms with van der Waals surface area (Å²) in [5.41, 5.74) is 2.33. The zero-order chi connectivity index (χ0) is 14.1. The van der Waals surface area contributed by atoms with Crippen LogP contribution in [-0.2, 0) is 0 Å². The molecule has 0 aliphatic heterocycles. The number of ether oxygens (including phenoxy) is 1. The molecule has 0 saturated carbocycles. The Labute approximate surface area is 115 Å². The standard InChI is InChI=1S/C16H12O4/c1-19-14-12-9-5-8-11(10-6-3-2-4-7-10)13(12)20-15(14)16(17)18/h2-9H,1H3,(H,17,18). The van der Waals surface area contributed by atoms with E-state index in [9.17, 15) is 9.90 Å². The summed E-state index contributed by atoms with van der Waals surface area (Å²) in [6.45, 7) is 0. The molecule has 0 aliphatic carbocycles. The molecule has 1 N–H and O–H groups in total. The number of furan rings is 1. The van der Waals surface area contributed by atoms with E-state index < -0.39 is 5.97 Å². The van der Waals surface area contributed by atoms with Crippen LogP contribution in [0, 0.1) is 0 Å². The lowest BCUT2D eigenvalue weighted by Crippen LogP contribution is -1.96. The Morgan fingerprint density at radius 2 is 1.85 bits per heavy atom. The van der Waals surface area contributed by atoms with Crippen molar-refractivity contribution in [3.05, 3.63) is 54.3 Å². The third-order valence-electron chi connectivity index (χ3n) is 3.15. The zero-order valence-electron chi connectivity index (χ0n) is 10.8. The quantitative estimate of drug-likeness (QED) is 0.784. The van der Waals surface area contributed by atoms with Crippen LogP contribution in [0.4, 0.5) is 0 Å². The molecule has 0 fully saturated rings. The van der Waals surface area contributed by atoms with Gasteiger partial charge in [0.1, 0.15) is 5.58 Å². The number of hydrogen-bond donors (Lipinski definition) is 1. The van der Waals surface area contributed by atoms with Crippen molar-refractivity contribution in [2.24, 2.45) is 0 Å². The minimum atomic E-state index is -1.14. The van der Waals surface area contributed by atoms with Gasteiger partial charge in [0.2, 0.25) is 0 Å². The van der Waals surface area contributed by atoms with Gasteiger partial charge in [-0.1, -0.05) is 42.5 Å². The lowest BCUT2D eigenvalue weighted by atomic mass is 10.0. The van der Waals surface area contributed by atoms with Gasteiger partial charge in [0, 0.05) is 5.56 Å². The first-order valence-electron chi connectivity index (χ1n) is 6.10. The van der Waals surface area contributed by atoms with E-state index in [0.29, 0.717) is 11.0 Å². The van der Waals surface area contributed by atoms with Crippen molar-refractivity contribution in [3.63, 3.8) is 0 Å². The molecule has 3 rings (SSSR count). The van der Waals surface area contributed by atoms with E-state index in [2.05, 4.69) is 0 Å². The molecule has 0 unspecified atom stereocenters. The van der Waals surface area contributed by atoms with Crippen molar-refractivity contribution in [1.82, 2.24) is 0 Å². The number of carbonyl (C=O) groups is 1. The van der Waals surface area contributed by atoms with Crippen LogP contribution in [0.25, 0.3) is 22.1 Å². The van der Waals surface area contributed by atoms with E-state index >= 15 is 0 Å². The Kier molecular flexibility index (Phi) is 2.91. The molecule has 0 spiro atoms. The predicted molar refractivity (Wildman–Crippen MR) is 75.2 cm³/mol. The maximum Gasteiger partial charge on any atom is 0.375 e. The van der Waals surface area contributed by atoms with Gasteiger partial charge in [-0.15, -0.1) is 0 Å². The smallest absolute Gasteiger partial charge is 0.375 e. The third-order valence-corrected chi connectivity index (χ3v) is 3.15. The van der Waals surface area contributed by atoms with Crippen molar-refractivity contribution >= 4 is 16.9 Å². The molecule has 1 aromatic heterocycles. The van der Waals surface area contributed by atoms with Crippen molar-refractivity contribution < 1.29 is 19.1 Å². The minimum absolute atomic E-state index is 0.175. The number of rotatable bonds is 3. The summed E-state index contributed by atoms with van der Waals surface area (Å²) in [4.78, 5) is 11.2. The van der Waals surface area contributed by atoms with E-state index in [-0.39, 0.29) is 11.5 Å². The average Bonchev–Trinajstić information content (AvgIpc) is 2.86. The maximum atomic E-state index is 11.2.